The van der Waals surface area contributed by atoms with Crippen molar-refractivity contribution < 1.29 is 26.4 Å². The summed E-state index contributed by atoms with van der Waals surface area (Å²) in [6.45, 7) is -0.547. The molecule has 1 heterocycles. The molecule has 31 heavy (non-hydrogen) atoms. The molecule has 0 spiro atoms. The summed E-state index contributed by atoms with van der Waals surface area (Å²) in [4.78, 5) is 12.8. The van der Waals surface area contributed by atoms with Gasteiger partial charge in [0.1, 0.15) is 11.5 Å². The van der Waals surface area contributed by atoms with Gasteiger partial charge in [-0.2, -0.15) is 12.7 Å². The number of anilines is 1. The first-order valence-electron chi connectivity index (χ1n) is 10.6. The maximum atomic E-state index is 14.2. The van der Waals surface area contributed by atoms with E-state index in [2.05, 4.69) is 5.32 Å². The van der Waals surface area contributed by atoms with Gasteiger partial charge in [0.05, 0.1) is 6.54 Å². The lowest BCUT2D eigenvalue weighted by atomic mass is 9.54. The van der Waals surface area contributed by atoms with Crippen LogP contribution in [-0.2, 0) is 15.0 Å². The summed E-state index contributed by atoms with van der Waals surface area (Å²) < 4.78 is 68.8. The van der Waals surface area contributed by atoms with E-state index in [1.807, 2.05) is 0 Å². The fourth-order valence-electron chi connectivity index (χ4n) is 6.19. The monoisotopic (exact) mass is 455 g/mol. The van der Waals surface area contributed by atoms with E-state index < -0.39 is 45.8 Å². The van der Waals surface area contributed by atoms with Crippen LogP contribution < -0.4 is 9.62 Å². The smallest absolute Gasteiger partial charge is 0.308 e. The van der Waals surface area contributed by atoms with Crippen molar-refractivity contribution in [3.8, 4) is 0 Å². The first-order valence-corrected chi connectivity index (χ1v) is 12.0. The molecule has 0 unspecified atom stereocenters. The van der Waals surface area contributed by atoms with E-state index >= 15 is 0 Å². The average molecular weight is 456 g/mol. The Balaban J connectivity index is 1.31. The Kier molecular flexibility index (Phi) is 5.04. The molecule has 4 saturated carbocycles. The largest absolute Gasteiger partial charge is 0.352 e. The summed E-state index contributed by atoms with van der Waals surface area (Å²) in [5.74, 6) is -1.87. The number of nitrogens with zero attached hydrogens (tertiary/aromatic N) is 2. The predicted molar refractivity (Wildman–Crippen MR) is 107 cm³/mol. The third kappa shape index (κ3) is 3.63. The molecular weight excluding hydrogens is 431 g/mol. The molecule has 168 valence electrons. The van der Waals surface area contributed by atoms with Gasteiger partial charge in [-0.15, -0.1) is 0 Å². The van der Waals surface area contributed by atoms with Gasteiger partial charge in [0.25, 0.3) is 0 Å². The van der Waals surface area contributed by atoms with E-state index in [4.69, 9.17) is 0 Å². The average Bonchev–Trinajstić information content (AvgIpc) is 2.66. The summed E-state index contributed by atoms with van der Waals surface area (Å²) in [6, 6.07) is 0.894. The van der Waals surface area contributed by atoms with Crippen LogP contribution in [0, 0.1) is 41.1 Å². The normalized spacial score (nSPS) is 33.6. The molecule has 0 aromatic heterocycles. The molecule has 0 radical (unpaired) electrons. The molecule has 6 rings (SSSR count). The number of hydrogen-bond acceptors (Lipinski definition) is 3. The van der Waals surface area contributed by atoms with Crippen LogP contribution in [0.4, 0.5) is 18.9 Å². The second-order valence-electron chi connectivity index (χ2n) is 9.22. The Morgan fingerprint density at radius 3 is 2.16 bits per heavy atom. The maximum absolute atomic E-state index is 14.2. The van der Waals surface area contributed by atoms with E-state index in [0.717, 1.165) is 48.0 Å². The SMILES string of the molecule is O=C(CN1CC=CN(c2c(F)cc(F)cc2F)S1(=O)=O)NC1C2CC3CC(C2)CC1C3. The third-order valence-corrected chi connectivity index (χ3v) is 8.93. The van der Waals surface area contributed by atoms with Gasteiger partial charge in [-0.3, -0.25) is 4.79 Å². The molecule has 1 amide bonds. The highest BCUT2D eigenvalue weighted by Gasteiger charge is 2.48. The highest BCUT2D eigenvalue weighted by Crippen LogP contribution is 2.53. The maximum Gasteiger partial charge on any atom is 0.308 e. The molecule has 1 aromatic rings. The third-order valence-electron chi connectivity index (χ3n) is 7.20. The highest BCUT2D eigenvalue weighted by molar-refractivity contribution is 7.90. The van der Waals surface area contributed by atoms with Gasteiger partial charge < -0.3 is 5.32 Å². The number of halogens is 3. The molecule has 4 fully saturated rings. The van der Waals surface area contributed by atoms with E-state index in [9.17, 15) is 26.4 Å². The molecule has 1 N–H and O–H groups in total. The van der Waals surface area contributed by atoms with Gasteiger partial charge in [0.2, 0.25) is 5.91 Å². The van der Waals surface area contributed by atoms with Gasteiger partial charge in [0.15, 0.2) is 11.6 Å². The van der Waals surface area contributed by atoms with Crippen molar-refractivity contribution in [2.75, 3.05) is 17.4 Å². The summed E-state index contributed by atoms with van der Waals surface area (Å²) >= 11 is 0. The first-order chi connectivity index (χ1) is 14.7. The summed E-state index contributed by atoms with van der Waals surface area (Å²) in [5, 5.41) is 3.05. The molecule has 4 bridgehead atoms. The fourth-order valence-corrected chi connectivity index (χ4v) is 7.64. The zero-order valence-electron chi connectivity index (χ0n) is 16.8. The van der Waals surface area contributed by atoms with Crippen LogP contribution in [-0.4, -0.2) is 37.8 Å². The van der Waals surface area contributed by atoms with Crippen LogP contribution in [0.5, 0.6) is 0 Å². The van der Waals surface area contributed by atoms with Crippen LogP contribution in [0.1, 0.15) is 32.1 Å². The molecule has 10 heteroatoms. The molecule has 1 aromatic carbocycles. The number of benzene rings is 1. The van der Waals surface area contributed by atoms with Gasteiger partial charge in [-0.05, 0) is 55.8 Å². The number of nitrogens with one attached hydrogen (secondary N) is 1. The molecule has 6 nitrogen and oxygen atoms in total. The van der Waals surface area contributed by atoms with Crippen LogP contribution in [0.15, 0.2) is 24.4 Å². The van der Waals surface area contributed by atoms with Crippen molar-refractivity contribution in [1.29, 1.82) is 0 Å². The van der Waals surface area contributed by atoms with Crippen molar-refractivity contribution in [3.05, 3.63) is 41.9 Å². The number of carbonyl (C=O) groups excluding carboxylic acids is 1. The zero-order chi connectivity index (χ0) is 21.9. The topological polar surface area (TPSA) is 69.7 Å². The Morgan fingerprint density at radius 1 is 1.00 bits per heavy atom. The summed E-state index contributed by atoms with van der Waals surface area (Å²) in [6.07, 6.45) is 8.14. The molecule has 0 atom stereocenters. The van der Waals surface area contributed by atoms with Gasteiger partial charge in [0, 0.05) is 30.9 Å². The number of amides is 1. The minimum Gasteiger partial charge on any atom is -0.352 e. The minimum absolute atomic E-state index is 0.0615. The highest BCUT2D eigenvalue weighted by atomic mass is 32.2. The second kappa shape index (κ2) is 7.51. The van der Waals surface area contributed by atoms with Crippen LogP contribution in [0.3, 0.4) is 0 Å². The second-order valence-corrected chi connectivity index (χ2v) is 11.0. The molecular formula is C21H24F3N3O3S. The summed E-state index contributed by atoms with van der Waals surface area (Å²) in [7, 11) is -4.41. The van der Waals surface area contributed by atoms with Crippen LogP contribution in [0.2, 0.25) is 0 Å². The fraction of sp³-hybridized carbons (Fsp3) is 0.571. The van der Waals surface area contributed by atoms with Crippen molar-refractivity contribution in [1.82, 2.24) is 9.62 Å². The molecule has 4 aliphatic carbocycles. The number of carbonyl (C=O) groups is 1. The Hall–Kier alpha value is -2.07. The lowest BCUT2D eigenvalue weighted by molar-refractivity contribution is -0.125. The number of hydrogen-bond donors (Lipinski definition) is 1. The van der Waals surface area contributed by atoms with Crippen molar-refractivity contribution in [2.24, 2.45) is 23.7 Å². The van der Waals surface area contributed by atoms with Gasteiger partial charge in [-0.1, -0.05) is 6.08 Å². The first kappa shape index (κ1) is 20.8. The lowest BCUT2D eigenvalue weighted by Gasteiger charge is -2.54. The molecule has 1 aliphatic heterocycles. The van der Waals surface area contributed by atoms with Crippen molar-refractivity contribution in [2.45, 2.75) is 38.1 Å². The standard InChI is InChI=1S/C21H24F3N3O3S/c22-16-9-17(23)21(18(24)10-16)27-3-1-2-26(31(27,29)30)11-19(28)25-20-14-5-12-4-13(7-14)8-15(20)6-12/h1,3,9-10,12-15,20H,2,4-8,11H2,(H,25,28). The quantitative estimate of drug-likeness (QED) is 0.759. The van der Waals surface area contributed by atoms with Gasteiger partial charge >= 0.3 is 10.2 Å². The van der Waals surface area contributed by atoms with Gasteiger partial charge in [-0.25, -0.2) is 17.5 Å². The Bertz CT molecular complexity index is 995. The van der Waals surface area contributed by atoms with E-state index in [-0.39, 0.29) is 12.6 Å². The predicted octanol–water partition coefficient (Wildman–Crippen LogP) is 2.93. The zero-order valence-corrected chi connectivity index (χ0v) is 17.6. The summed E-state index contributed by atoms with van der Waals surface area (Å²) in [5.41, 5.74) is -0.899. The Morgan fingerprint density at radius 2 is 1.58 bits per heavy atom. The van der Waals surface area contributed by atoms with E-state index in [0.29, 0.717) is 28.3 Å². The van der Waals surface area contributed by atoms with E-state index in [1.165, 1.54) is 12.5 Å². The molecule has 0 saturated heterocycles. The van der Waals surface area contributed by atoms with Crippen molar-refractivity contribution in [3.63, 3.8) is 0 Å². The molecule has 5 aliphatic rings. The van der Waals surface area contributed by atoms with E-state index in [1.54, 1.807) is 0 Å². The van der Waals surface area contributed by atoms with Crippen LogP contribution in [0.25, 0.3) is 0 Å². The minimum atomic E-state index is -4.41. The number of rotatable bonds is 4. The van der Waals surface area contributed by atoms with Crippen molar-refractivity contribution >= 4 is 21.8 Å². The van der Waals surface area contributed by atoms with Crippen LogP contribution >= 0.6 is 0 Å². The Labute approximate surface area is 179 Å². The lowest BCUT2D eigenvalue weighted by Crippen LogP contribution is -2.57.